The first-order valence-corrected chi connectivity index (χ1v) is 25.0. The summed E-state index contributed by atoms with van der Waals surface area (Å²) in [6.45, 7) is 3.30. The third kappa shape index (κ3) is 28.7. The minimum atomic E-state index is -5.11. The molecule has 0 aromatic carbocycles. The lowest BCUT2D eigenvalue weighted by Crippen LogP contribution is -2.64. The Labute approximate surface area is 356 Å². The molecule has 0 spiro atoms. The van der Waals surface area contributed by atoms with Crippen molar-refractivity contribution in [3.8, 4) is 0 Å². The standard InChI is InChI=1S/C45H85O13P/c1-3-5-7-9-11-13-15-17-19-21-23-25-27-29-31-33-38(46)55-35-37(36-56-59(53,54)58-45-43(51)41(49)40(48)42(50)44(45)52)57-39(47)34-32-30-28-26-24-22-20-18-16-14-12-10-8-6-4-2/h18,20,37,40-45,48-52H,3-17,19,21-36H2,1-2H3,(H,53,54)/b20-18+/t37?,40?,41-,42+,43+,44-,45?. The van der Waals surface area contributed by atoms with Crippen LogP contribution in [-0.2, 0) is 32.7 Å². The molecule has 1 aliphatic carbocycles. The van der Waals surface area contributed by atoms with E-state index < -0.39 is 75.7 Å². The van der Waals surface area contributed by atoms with Gasteiger partial charge in [0, 0.05) is 12.8 Å². The van der Waals surface area contributed by atoms with Crippen molar-refractivity contribution in [2.24, 2.45) is 0 Å². The van der Waals surface area contributed by atoms with Crippen molar-refractivity contribution in [3.05, 3.63) is 12.2 Å². The van der Waals surface area contributed by atoms with E-state index in [1.165, 1.54) is 109 Å². The lowest BCUT2D eigenvalue weighted by atomic mass is 9.85. The summed E-state index contributed by atoms with van der Waals surface area (Å²) in [7, 11) is -5.11. The number of unbranched alkanes of at least 4 members (excludes halogenated alkanes) is 25. The number of esters is 2. The minimum absolute atomic E-state index is 0.0909. The molecule has 0 heterocycles. The van der Waals surface area contributed by atoms with Crippen molar-refractivity contribution in [3.63, 3.8) is 0 Å². The van der Waals surface area contributed by atoms with Crippen LogP contribution in [-0.4, -0.2) is 98.3 Å². The van der Waals surface area contributed by atoms with Crippen LogP contribution < -0.4 is 0 Å². The highest BCUT2D eigenvalue weighted by Crippen LogP contribution is 2.47. The molecule has 0 aromatic rings. The Morgan fingerprint density at radius 3 is 1.29 bits per heavy atom. The number of ether oxygens (including phenoxy) is 2. The molecule has 0 bridgehead atoms. The number of aliphatic hydroxyl groups is 5. The average molecular weight is 865 g/mol. The molecule has 4 unspecified atom stereocenters. The first-order chi connectivity index (χ1) is 28.4. The Bertz CT molecular complexity index is 1090. The quantitative estimate of drug-likeness (QED) is 0.0148. The third-order valence-corrected chi connectivity index (χ3v) is 12.1. The van der Waals surface area contributed by atoms with Gasteiger partial charge >= 0.3 is 19.8 Å². The van der Waals surface area contributed by atoms with Crippen molar-refractivity contribution < 1.29 is 63.1 Å². The van der Waals surface area contributed by atoms with E-state index >= 15 is 0 Å². The molecule has 1 rings (SSSR count). The fourth-order valence-electron chi connectivity index (χ4n) is 7.28. The van der Waals surface area contributed by atoms with Gasteiger partial charge in [0.2, 0.25) is 0 Å². The maximum absolute atomic E-state index is 12.8. The minimum Gasteiger partial charge on any atom is -0.462 e. The van der Waals surface area contributed by atoms with E-state index in [1.807, 2.05) is 0 Å². The van der Waals surface area contributed by atoms with Gasteiger partial charge in [-0.15, -0.1) is 0 Å². The largest absolute Gasteiger partial charge is 0.472 e. The summed E-state index contributed by atoms with van der Waals surface area (Å²) in [4.78, 5) is 35.7. The van der Waals surface area contributed by atoms with Crippen molar-refractivity contribution in [2.45, 2.75) is 249 Å². The summed E-state index contributed by atoms with van der Waals surface area (Å²) in [5.41, 5.74) is 0. The zero-order chi connectivity index (χ0) is 43.6. The Morgan fingerprint density at radius 2 is 0.864 bits per heavy atom. The van der Waals surface area contributed by atoms with Crippen LogP contribution in [0.15, 0.2) is 12.2 Å². The fourth-order valence-corrected chi connectivity index (χ4v) is 8.26. The predicted octanol–water partition coefficient (Wildman–Crippen LogP) is 9.06. The van der Waals surface area contributed by atoms with Gasteiger partial charge in [-0.1, -0.05) is 167 Å². The Morgan fingerprint density at radius 1 is 0.508 bits per heavy atom. The number of hydrogen-bond acceptors (Lipinski definition) is 12. The molecule has 8 atom stereocenters. The first kappa shape index (κ1) is 55.6. The fraction of sp³-hybridized carbons (Fsp3) is 0.911. The Kier molecular flexibility index (Phi) is 34.0. The summed E-state index contributed by atoms with van der Waals surface area (Å²) in [5, 5.41) is 50.1. The van der Waals surface area contributed by atoms with Crippen molar-refractivity contribution >= 4 is 19.8 Å². The van der Waals surface area contributed by atoms with Crippen LogP contribution in [0.3, 0.4) is 0 Å². The first-order valence-electron chi connectivity index (χ1n) is 23.5. The van der Waals surface area contributed by atoms with E-state index in [0.29, 0.717) is 12.8 Å². The predicted molar refractivity (Wildman–Crippen MR) is 231 cm³/mol. The summed E-state index contributed by atoms with van der Waals surface area (Å²) in [5.74, 6) is -1.10. The van der Waals surface area contributed by atoms with Gasteiger partial charge in [-0.2, -0.15) is 0 Å². The second-order valence-electron chi connectivity index (χ2n) is 16.6. The summed E-state index contributed by atoms with van der Waals surface area (Å²) < 4.78 is 33.5. The normalized spacial score (nSPS) is 22.4. The van der Waals surface area contributed by atoms with E-state index in [4.69, 9.17) is 18.5 Å². The van der Waals surface area contributed by atoms with Gasteiger partial charge in [-0.05, 0) is 38.5 Å². The molecule has 6 N–H and O–H groups in total. The van der Waals surface area contributed by atoms with E-state index in [2.05, 4.69) is 26.0 Å². The topological polar surface area (TPSA) is 210 Å². The Hall–Kier alpha value is -1.41. The molecule has 1 saturated carbocycles. The highest BCUT2D eigenvalue weighted by atomic mass is 31.2. The molecule has 13 nitrogen and oxygen atoms in total. The SMILES string of the molecule is CCCCCCCC/C=C/CCCCCCCC(=O)OC(COC(=O)CCCCCCCCCCCCCCCCC)COP(=O)(O)OC1[C@@H](O)[C@H](O)C(O)[C@H](O)[C@H]1O. The number of hydrogen-bond donors (Lipinski definition) is 6. The maximum atomic E-state index is 12.8. The van der Waals surface area contributed by atoms with E-state index in [0.717, 1.165) is 57.8 Å². The van der Waals surface area contributed by atoms with Crippen LogP contribution in [0.5, 0.6) is 0 Å². The van der Waals surface area contributed by atoms with Crippen molar-refractivity contribution in [2.75, 3.05) is 13.2 Å². The van der Waals surface area contributed by atoms with Crippen molar-refractivity contribution in [1.29, 1.82) is 0 Å². The molecule has 1 fully saturated rings. The number of rotatable bonds is 39. The molecule has 0 radical (unpaired) electrons. The number of carbonyl (C=O) groups is 2. The second kappa shape index (κ2) is 36.1. The highest BCUT2D eigenvalue weighted by molar-refractivity contribution is 7.47. The molecular formula is C45H85O13P. The highest BCUT2D eigenvalue weighted by Gasteiger charge is 2.51. The number of phosphoric ester groups is 1. The van der Waals surface area contributed by atoms with E-state index in [-0.39, 0.29) is 12.8 Å². The third-order valence-electron chi connectivity index (χ3n) is 11.1. The molecule has 0 amide bonds. The molecule has 0 saturated heterocycles. The summed E-state index contributed by atoms with van der Waals surface area (Å²) >= 11 is 0. The van der Waals surface area contributed by atoms with Gasteiger partial charge in [0.05, 0.1) is 6.61 Å². The second-order valence-corrected chi connectivity index (χ2v) is 18.0. The van der Waals surface area contributed by atoms with Crippen LogP contribution in [0, 0.1) is 0 Å². The average Bonchev–Trinajstić information content (AvgIpc) is 3.21. The van der Waals surface area contributed by atoms with Gasteiger partial charge < -0.3 is 39.9 Å². The Balaban J connectivity index is 2.45. The van der Waals surface area contributed by atoms with Crippen LogP contribution in [0.4, 0.5) is 0 Å². The summed E-state index contributed by atoms with van der Waals surface area (Å²) in [6.07, 6.45) is 24.1. The zero-order valence-corrected chi connectivity index (χ0v) is 37.7. The molecule has 1 aliphatic rings. The van der Waals surface area contributed by atoms with Gasteiger partial charge in [0.25, 0.3) is 0 Å². The number of aliphatic hydroxyl groups excluding tert-OH is 5. The molecule has 59 heavy (non-hydrogen) atoms. The zero-order valence-electron chi connectivity index (χ0n) is 36.8. The van der Waals surface area contributed by atoms with Crippen LogP contribution in [0.2, 0.25) is 0 Å². The number of phosphoric acid groups is 1. The van der Waals surface area contributed by atoms with Crippen LogP contribution in [0.25, 0.3) is 0 Å². The molecule has 0 aromatic heterocycles. The molecule has 348 valence electrons. The van der Waals surface area contributed by atoms with Crippen molar-refractivity contribution in [1.82, 2.24) is 0 Å². The van der Waals surface area contributed by atoms with Gasteiger partial charge in [0.15, 0.2) is 6.10 Å². The van der Waals surface area contributed by atoms with Crippen LogP contribution >= 0.6 is 7.82 Å². The molecular weight excluding hydrogens is 779 g/mol. The van der Waals surface area contributed by atoms with Crippen LogP contribution in [0.1, 0.15) is 206 Å². The lowest BCUT2D eigenvalue weighted by Gasteiger charge is -2.41. The summed E-state index contributed by atoms with van der Waals surface area (Å²) in [6, 6.07) is 0. The molecule has 0 aliphatic heterocycles. The molecule has 14 heteroatoms. The van der Waals surface area contributed by atoms with E-state index in [9.17, 15) is 44.6 Å². The van der Waals surface area contributed by atoms with E-state index in [1.54, 1.807) is 0 Å². The lowest BCUT2D eigenvalue weighted by molar-refractivity contribution is -0.220. The maximum Gasteiger partial charge on any atom is 0.472 e. The van der Waals surface area contributed by atoms with Gasteiger partial charge in [-0.25, -0.2) is 4.57 Å². The smallest absolute Gasteiger partial charge is 0.462 e. The number of allylic oxidation sites excluding steroid dienone is 2. The van der Waals surface area contributed by atoms with Gasteiger partial charge in [0.1, 0.15) is 43.2 Å². The van der Waals surface area contributed by atoms with Gasteiger partial charge in [-0.3, -0.25) is 18.6 Å². The monoisotopic (exact) mass is 865 g/mol. The number of carbonyl (C=O) groups excluding carboxylic acids is 2.